The molecule has 0 bridgehead atoms. The first kappa shape index (κ1) is 14.5. The van der Waals surface area contributed by atoms with Crippen LogP contribution in [0.25, 0.3) is 0 Å². The van der Waals surface area contributed by atoms with Gasteiger partial charge in [0.25, 0.3) is 0 Å². The summed E-state index contributed by atoms with van der Waals surface area (Å²) < 4.78 is 0. The average Bonchev–Trinajstić information content (AvgIpc) is 2.62. The molecule has 4 rings (SSSR count). The normalized spacial score (nSPS) is 21.2. The molecule has 2 aliphatic rings. The second kappa shape index (κ2) is 6.20. The van der Waals surface area contributed by atoms with Crippen molar-refractivity contribution in [3.63, 3.8) is 0 Å². The van der Waals surface area contributed by atoms with E-state index in [1.807, 2.05) is 12.3 Å². The Labute approximate surface area is 138 Å². The summed E-state index contributed by atoms with van der Waals surface area (Å²) in [5, 5.41) is 3.56. The number of pyridine rings is 1. The van der Waals surface area contributed by atoms with Crippen molar-refractivity contribution < 1.29 is 0 Å². The van der Waals surface area contributed by atoms with Crippen molar-refractivity contribution in [2.24, 2.45) is 0 Å². The van der Waals surface area contributed by atoms with Gasteiger partial charge < -0.3 is 15.1 Å². The summed E-state index contributed by atoms with van der Waals surface area (Å²) >= 11 is 0. The van der Waals surface area contributed by atoms with Gasteiger partial charge in [0, 0.05) is 50.6 Å². The fourth-order valence-corrected chi connectivity index (χ4v) is 3.70. The van der Waals surface area contributed by atoms with Crippen molar-refractivity contribution in [3.05, 3.63) is 53.7 Å². The molecule has 1 N–H and O–H groups in total. The van der Waals surface area contributed by atoms with Crippen LogP contribution in [0.1, 0.15) is 18.1 Å². The predicted octanol–water partition coefficient (Wildman–Crippen LogP) is 2.44. The van der Waals surface area contributed by atoms with Crippen LogP contribution in [0.2, 0.25) is 0 Å². The highest BCUT2D eigenvalue weighted by Crippen LogP contribution is 2.29. The first-order valence-electron chi connectivity index (χ1n) is 8.56. The van der Waals surface area contributed by atoms with E-state index in [4.69, 9.17) is 0 Å². The topological polar surface area (TPSA) is 31.4 Å². The van der Waals surface area contributed by atoms with Crippen molar-refractivity contribution in [3.8, 4) is 0 Å². The lowest BCUT2D eigenvalue weighted by Gasteiger charge is -2.39. The molecule has 4 heteroatoms. The summed E-state index contributed by atoms with van der Waals surface area (Å²) in [6.07, 6.45) is 3.01. The van der Waals surface area contributed by atoms with Gasteiger partial charge in [-0.05, 0) is 42.7 Å². The van der Waals surface area contributed by atoms with Gasteiger partial charge in [-0.25, -0.2) is 4.98 Å². The van der Waals surface area contributed by atoms with Crippen LogP contribution >= 0.6 is 0 Å². The smallest absolute Gasteiger partial charge is 0.128 e. The number of anilines is 2. The molecule has 1 fully saturated rings. The number of rotatable bonds is 2. The molecule has 2 aromatic rings. The fraction of sp³-hybridized carbons (Fsp3) is 0.421. The van der Waals surface area contributed by atoms with Crippen LogP contribution in [0.15, 0.2) is 42.6 Å². The Morgan fingerprint density at radius 2 is 1.83 bits per heavy atom. The number of nitrogens with zero attached hydrogens (tertiary/aromatic N) is 3. The largest absolute Gasteiger partial charge is 0.368 e. The number of benzene rings is 1. The Hall–Kier alpha value is -2.07. The maximum Gasteiger partial charge on any atom is 0.128 e. The van der Waals surface area contributed by atoms with Crippen molar-refractivity contribution in [2.45, 2.75) is 25.9 Å². The Balaban J connectivity index is 1.51. The molecule has 0 radical (unpaired) electrons. The van der Waals surface area contributed by atoms with E-state index in [1.165, 1.54) is 11.3 Å². The predicted molar refractivity (Wildman–Crippen MR) is 95.1 cm³/mol. The number of hydrogen-bond donors (Lipinski definition) is 1. The second-order valence-electron chi connectivity index (χ2n) is 6.56. The average molecular weight is 308 g/mol. The first-order chi connectivity index (χ1) is 11.3. The van der Waals surface area contributed by atoms with Crippen LogP contribution in [-0.4, -0.2) is 37.2 Å². The zero-order chi connectivity index (χ0) is 15.6. The van der Waals surface area contributed by atoms with E-state index in [9.17, 15) is 0 Å². The maximum absolute atomic E-state index is 4.48. The molecule has 4 nitrogen and oxygen atoms in total. The molecule has 1 aromatic carbocycles. The molecule has 23 heavy (non-hydrogen) atoms. The summed E-state index contributed by atoms with van der Waals surface area (Å²) in [6.45, 7) is 7.48. The van der Waals surface area contributed by atoms with E-state index in [0.717, 1.165) is 45.0 Å². The second-order valence-corrected chi connectivity index (χ2v) is 6.56. The molecule has 0 saturated carbocycles. The molecule has 3 heterocycles. The van der Waals surface area contributed by atoms with Gasteiger partial charge in [-0.1, -0.05) is 18.2 Å². The molecule has 120 valence electrons. The molecule has 0 spiro atoms. The minimum Gasteiger partial charge on any atom is -0.368 e. The van der Waals surface area contributed by atoms with Gasteiger partial charge in [0.1, 0.15) is 5.82 Å². The monoisotopic (exact) mass is 308 g/mol. The van der Waals surface area contributed by atoms with Gasteiger partial charge in [-0.15, -0.1) is 0 Å². The van der Waals surface area contributed by atoms with Gasteiger partial charge in [0.05, 0.1) is 0 Å². The van der Waals surface area contributed by atoms with Crippen LogP contribution in [0.4, 0.5) is 11.5 Å². The molecular formula is C19H24N4. The third-order valence-electron chi connectivity index (χ3n) is 4.99. The third kappa shape index (κ3) is 2.91. The number of piperazine rings is 1. The molecule has 0 amide bonds. The molecule has 1 unspecified atom stereocenters. The Kier molecular flexibility index (Phi) is 3.92. The number of nitrogens with one attached hydrogen (secondary N) is 1. The first-order valence-corrected chi connectivity index (χ1v) is 8.56. The minimum absolute atomic E-state index is 0.568. The Morgan fingerprint density at radius 3 is 2.61 bits per heavy atom. The quantitative estimate of drug-likeness (QED) is 0.923. The van der Waals surface area contributed by atoms with Crippen LogP contribution in [0, 0.1) is 0 Å². The molecule has 1 atom stereocenters. The van der Waals surface area contributed by atoms with Gasteiger partial charge in [0.15, 0.2) is 0 Å². The van der Waals surface area contributed by atoms with E-state index < -0.39 is 0 Å². The zero-order valence-electron chi connectivity index (χ0n) is 13.7. The Morgan fingerprint density at radius 1 is 1.00 bits per heavy atom. The van der Waals surface area contributed by atoms with Crippen LogP contribution < -0.4 is 15.1 Å². The van der Waals surface area contributed by atoms with Gasteiger partial charge >= 0.3 is 0 Å². The highest BCUT2D eigenvalue weighted by Gasteiger charge is 2.23. The lowest BCUT2D eigenvalue weighted by atomic mass is 9.94. The van der Waals surface area contributed by atoms with Gasteiger partial charge in [-0.3, -0.25) is 0 Å². The van der Waals surface area contributed by atoms with E-state index >= 15 is 0 Å². The van der Waals surface area contributed by atoms with Gasteiger partial charge in [-0.2, -0.15) is 0 Å². The third-order valence-corrected chi connectivity index (χ3v) is 4.99. The highest BCUT2D eigenvalue weighted by atomic mass is 15.3. The summed E-state index contributed by atoms with van der Waals surface area (Å²) in [5.74, 6) is 1.10. The van der Waals surface area contributed by atoms with Crippen LogP contribution in [-0.2, 0) is 13.0 Å². The van der Waals surface area contributed by atoms with E-state index in [2.05, 4.69) is 57.4 Å². The van der Waals surface area contributed by atoms with Gasteiger partial charge in [0.2, 0.25) is 0 Å². The standard InChI is InChI=1S/C19H24N4/c1-15-13-17-16(14-21-15)5-4-6-18(17)22-9-11-23(12-10-22)19-7-2-3-8-20-19/h2-8,15,21H,9-14H2,1H3. The molecule has 0 aliphatic carbocycles. The summed E-state index contributed by atoms with van der Waals surface area (Å²) in [6, 6.07) is 13.5. The SMILES string of the molecule is CC1Cc2c(cccc2N2CCN(c3ccccn3)CC2)CN1. The summed E-state index contributed by atoms with van der Waals surface area (Å²) in [5.41, 5.74) is 4.45. The molecule has 1 saturated heterocycles. The lowest BCUT2D eigenvalue weighted by Crippen LogP contribution is -2.47. The molecule has 1 aromatic heterocycles. The lowest BCUT2D eigenvalue weighted by molar-refractivity contribution is 0.512. The number of hydrogen-bond acceptors (Lipinski definition) is 4. The van der Waals surface area contributed by atoms with Crippen molar-refractivity contribution in [2.75, 3.05) is 36.0 Å². The zero-order valence-corrected chi connectivity index (χ0v) is 13.7. The van der Waals surface area contributed by atoms with Crippen molar-refractivity contribution >= 4 is 11.5 Å². The number of fused-ring (bicyclic) bond motifs is 1. The van der Waals surface area contributed by atoms with E-state index in [0.29, 0.717) is 6.04 Å². The van der Waals surface area contributed by atoms with Crippen LogP contribution in [0.5, 0.6) is 0 Å². The van der Waals surface area contributed by atoms with Crippen LogP contribution in [0.3, 0.4) is 0 Å². The highest BCUT2D eigenvalue weighted by molar-refractivity contribution is 5.59. The van der Waals surface area contributed by atoms with E-state index in [-0.39, 0.29) is 0 Å². The minimum atomic E-state index is 0.568. The Bertz CT molecular complexity index is 662. The number of aromatic nitrogens is 1. The summed E-state index contributed by atoms with van der Waals surface area (Å²) in [4.78, 5) is 9.42. The van der Waals surface area contributed by atoms with Crippen molar-refractivity contribution in [1.82, 2.24) is 10.3 Å². The van der Waals surface area contributed by atoms with E-state index in [1.54, 1.807) is 5.56 Å². The van der Waals surface area contributed by atoms with Crippen molar-refractivity contribution in [1.29, 1.82) is 0 Å². The summed E-state index contributed by atoms with van der Waals surface area (Å²) in [7, 11) is 0. The molecule has 2 aliphatic heterocycles. The maximum atomic E-state index is 4.48. The fourth-order valence-electron chi connectivity index (χ4n) is 3.70. The molecular weight excluding hydrogens is 284 g/mol.